The van der Waals surface area contributed by atoms with Crippen LogP contribution in [-0.4, -0.2) is 76.9 Å². The summed E-state index contributed by atoms with van der Waals surface area (Å²) in [4.78, 5) is 30.0. The Labute approximate surface area is 191 Å². The van der Waals surface area contributed by atoms with E-state index < -0.39 is 11.8 Å². The van der Waals surface area contributed by atoms with Gasteiger partial charge in [-0.15, -0.1) is 0 Å². The van der Waals surface area contributed by atoms with Crippen molar-refractivity contribution in [2.75, 3.05) is 43.4 Å². The molecule has 0 aromatic carbocycles. The highest BCUT2D eigenvalue weighted by Gasteiger charge is 2.58. The van der Waals surface area contributed by atoms with Gasteiger partial charge in [-0.2, -0.15) is 4.98 Å². The number of halogens is 2. The standard InChI is InChI=1S/C23H29F2N7O/c1-14-7-16(9-28-21(14)19(33)10-26-2)29-22-27-6-5-20(30-22)31-12-17-3-4-18(13-31)32(17)11-15-8-23(15,24)25/h5-7,9,15,17-18,26H,3-4,8,10-13H2,1-2H3,(H,27,29,30)/t15-,17-,18+/m1/s1. The minimum Gasteiger partial charge on any atom is -0.353 e. The van der Waals surface area contributed by atoms with Gasteiger partial charge in [0.1, 0.15) is 11.5 Å². The van der Waals surface area contributed by atoms with E-state index in [-0.39, 0.29) is 18.7 Å². The largest absolute Gasteiger partial charge is 0.353 e. The van der Waals surface area contributed by atoms with Gasteiger partial charge in [0.05, 0.1) is 18.4 Å². The van der Waals surface area contributed by atoms with Crippen molar-refractivity contribution < 1.29 is 13.6 Å². The van der Waals surface area contributed by atoms with Crippen molar-refractivity contribution in [3.63, 3.8) is 0 Å². The molecule has 0 unspecified atom stereocenters. The van der Waals surface area contributed by atoms with Crippen LogP contribution in [0.3, 0.4) is 0 Å². The van der Waals surface area contributed by atoms with Gasteiger partial charge in [-0.1, -0.05) is 0 Å². The first-order chi connectivity index (χ1) is 15.8. The molecule has 2 saturated heterocycles. The van der Waals surface area contributed by atoms with E-state index in [2.05, 4.69) is 35.4 Å². The first-order valence-corrected chi connectivity index (χ1v) is 11.5. The Morgan fingerprint density at radius 2 is 1.97 bits per heavy atom. The second-order valence-electron chi connectivity index (χ2n) is 9.36. The van der Waals surface area contributed by atoms with Crippen molar-refractivity contribution in [2.24, 2.45) is 5.92 Å². The number of nitrogens with zero attached hydrogens (tertiary/aromatic N) is 5. The van der Waals surface area contributed by atoms with Crippen LogP contribution >= 0.6 is 0 Å². The number of aromatic nitrogens is 3. The summed E-state index contributed by atoms with van der Waals surface area (Å²) in [7, 11) is 1.73. The molecule has 0 radical (unpaired) electrons. The summed E-state index contributed by atoms with van der Waals surface area (Å²) in [5.74, 6) is -1.71. The summed E-state index contributed by atoms with van der Waals surface area (Å²) in [5, 5.41) is 6.03. The van der Waals surface area contributed by atoms with Crippen molar-refractivity contribution in [3.05, 3.63) is 35.8 Å². The number of likely N-dealkylation sites (N-methyl/N-ethyl adjacent to an activating group) is 1. The van der Waals surface area contributed by atoms with Gasteiger partial charge in [0.25, 0.3) is 5.92 Å². The molecule has 10 heteroatoms. The highest BCUT2D eigenvalue weighted by atomic mass is 19.3. The molecule has 33 heavy (non-hydrogen) atoms. The molecule has 2 aromatic heterocycles. The zero-order valence-corrected chi connectivity index (χ0v) is 18.9. The van der Waals surface area contributed by atoms with Crippen molar-refractivity contribution in [1.82, 2.24) is 25.2 Å². The number of anilines is 3. The average molecular weight is 458 g/mol. The lowest BCUT2D eigenvalue weighted by molar-refractivity contribution is 0.0750. The molecule has 3 fully saturated rings. The molecule has 4 heterocycles. The third-order valence-electron chi connectivity index (χ3n) is 6.92. The number of alkyl halides is 2. The smallest absolute Gasteiger partial charge is 0.252 e. The van der Waals surface area contributed by atoms with E-state index >= 15 is 0 Å². The Morgan fingerprint density at radius 1 is 1.24 bits per heavy atom. The Bertz CT molecular complexity index is 1040. The van der Waals surface area contributed by atoms with Gasteiger partial charge in [-0.05, 0) is 44.5 Å². The number of pyridine rings is 1. The number of fused-ring (bicyclic) bond motifs is 2. The van der Waals surface area contributed by atoms with Crippen LogP contribution in [0.25, 0.3) is 0 Å². The molecule has 5 rings (SSSR count). The second kappa shape index (κ2) is 8.57. The molecule has 2 aromatic rings. The van der Waals surface area contributed by atoms with E-state index in [1.807, 2.05) is 19.1 Å². The van der Waals surface area contributed by atoms with Crippen molar-refractivity contribution in [1.29, 1.82) is 0 Å². The van der Waals surface area contributed by atoms with E-state index in [0.29, 0.717) is 36.0 Å². The SMILES string of the molecule is CNCC(=O)c1ncc(Nc2nccc(N3C[C@H]4CC[C@@H](C3)N4C[C@H]3CC3(F)F)n2)cc1C. The molecule has 2 bridgehead atoms. The van der Waals surface area contributed by atoms with Crippen molar-refractivity contribution in [2.45, 2.75) is 44.2 Å². The van der Waals surface area contributed by atoms with Gasteiger partial charge in [0, 0.05) is 50.3 Å². The molecule has 0 amide bonds. The maximum atomic E-state index is 13.4. The third-order valence-corrected chi connectivity index (χ3v) is 6.92. The van der Waals surface area contributed by atoms with E-state index in [9.17, 15) is 13.6 Å². The summed E-state index contributed by atoms with van der Waals surface area (Å²) in [5.41, 5.74) is 1.94. The van der Waals surface area contributed by atoms with E-state index in [1.54, 1.807) is 19.4 Å². The number of aryl methyl sites for hydroxylation is 1. The number of piperazine rings is 1. The molecule has 2 aliphatic heterocycles. The number of ketones is 1. The second-order valence-corrected chi connectivity index (χ2v) is 9.36. The molecule has 1 aliphatic carbocycles. The Morgan fingerprint density at radius 3 is 2.61 bits per heavy atom. The average Bonchev–Trinajstić information content (AvgIpc) is 3.32. The predicted molar refractivity (Wildman–Crippen MR) is 121 cm³/mol. The first-order valence-electron chi connectivity index (χ1n) is 11.5. The van der Waals surface area contributed by atoms with Crippen molar-refractivity contribution >= 4 is 23.2 Å². The summed E-state index contributed by atoms with van der Waals surface area (Å²) in [6, 6.07) is 4.33. The van der Waals surface area contributed by atoms with Crippen LogP contribution in [0.5, 0.6) is 0 Å². The topological polar surface area (TPSA) is 86.3 Å². The van der Waals surface area contributed by atoms with Crippen molar-refractivity contribution in [3.8, 4) is 0 Å². The summed E-state index contributed by atoms with van der Waals surface area (Å²) in [6.45, 7) is 4.17. The number of carbonyl (C=O) groups is 1. The molecule has 176 valence electrons. The number of nitrogens with one attached hydrogen (secondary N) is 2. The molecular weight excluding hydrogens is 428 g/mol. The fourth-order valence-electron chi connectivity index (χ4n) is 5.09. The van der Waals surface area contributed by atoms with Crippen LogP contribution < -0.4 is 15.5 Å². The highest BCUT2D eigenvalue weighted by molar-refractivity contribution is 5.97. The predicted octanol–water partition coefficient (Wildman–Crippen LogP) is 2.63. The van der Waals surface area contributed by atoms with Gasteiger partial charge in [-0.25, -0.2) is 13.8 Å². The highest BCUT2D eigenvalue weighted by Crippen LogP contribution is 2.50. The van der Waals surface area contributed by atoms with Crippen LogP contribution in [0, 0.1) is 12.8 Å². The molecule has 0 spiro atoms. The Balaban J connectivity index is 1.25. The van der Waals surface area contributed by atoms with Crippen LogP contribution in [0.1, 0.15) is 35.3 Å². The maximum absolute atomic E-state index is 13.4. The van der Waals surface area contributed by atoms with Gasteiger partial charge in [0.15, 0.2) is 5.78 Å². The van der Waals surface area contributed by atoms with Gasteiger partial charge in [0.2, 0.25) is 5.95 Å². The van der Waals surface area contributed by atoms with Gasteiger partial charge >= 0.3 is 0 Å². The minimum atomic E-state index is -2.46. The summed E-state index contributed by atoms with van der Waals surface area (Å²) < 4.78 is 26.9. The zero-order chi connectivity index (χ0) is 23.2. The molecule has 1 saturated carbocycles. The number of Topliss-reactive ketones (excluding diaryl/α,β-unsaturated/α-hetero) is 1. The normalized spacial score (nSPS) is 25.8. The van der Waals surface area contributed by atoms with Crippen LogP contribution in [0.4, 0.5) is 26.2 Å². The Hall–Kier alpha value is -2.72. The number of hydrogen-bond acceptors (Lipinski definition) is 8. The molecule has 3 atom stereocenters. The number of carbonyl (C=O) groups excluding carboxylic acids is 1. The molecular formula is C23H29F2N7O. The molecule has 2 N–H and O–H groups in total. The lowest BCUT2D eigenvalue weighted by Gasteiger charge is -2.41. The quantitative estimate of drug-likeness (QED) is 0.585. The van der Waals surface area contributed by atoms with Crippen LogP contribution in [-0.2, 0) is 0 Å². The molecule has 8 nitrogen and oxygen atoms in total. The number of rotatable bonds is 8. The summed E-state index contributed by atoms with van der Waals surface area (Å²) in [6.07, 6.45) is 5.44. The van der Waals surface area contributed by atoms with E-state index in [4.69, 9.17) is 0 Å². The monoisotopic (exact) mass is 457 g/mol. The first kappa shape index (κ1) is 22.1. The zero-order valence-electron chi connectivity index (χ0n) is 18.9. The Kier molecular flexibility index (Phi) is 5.74. The number of hydrogen-bond donors (Lipinski definition) is 2. The fraction of sp³-hybridized carbons (Fsp3) is 0.565. The molecule has 3 aliphatic rings. The maximum Gasteiger partial charge on any atom is 0.252 e. The van der Waals surface area contributed by atoms with E-state index in [1.165, 1.54) is 0 Å². The fourth-order valence-corrected chi connectivity index (χ4v) is 5.09. The lowest BCUT2D eigenvalue weighted by atomic mass is 10.1. The lowest BCUT2D eigenvalue weighted by Crippen LogP contribution is -2.54. The minimum absolute atomic E-state index is 0.0343. The van der Waals surface area contributed by atoms with Crippen LogP contribution in [0.15, 0.2) is 24.5 Å². The van der Waals surface area contributed by atoms with Gasteiger partial charge < -0.3 is 15.5 Å². The van der Waals surface area contributed by atoms with Gasteiger partial charge in [-0.3, -0.25) is 14.7 Å². The summed E-state index contributed by atoms with van der Waals surface area (Å²) >= 11 is 0. The van der Waals surface area contributed by atoms with Crippen LogP contribution in [0.2, 0.25) is 0 Å². The van der Waals surface area contributed by atoms with E-state index in [0.717, 1.165) is 37.3 Å². The third kappa shape index (κ3) is 4.54.